The molecule has 1 aliphatic rings. The second-order valence-electron chi connectivity index (χ2n) is 4.58. The zero-order valence-corrected chi connectivity index (χ0v) is 10.6. The van der Waals surface area contributed by atoms with Gasteiger partial charge in [0, 0.05) is 6.54 Å². The molecule has 1 N–H and O–H groups in total. The Labute approximate surface area is 107 Å². The molecule has 0 saturated carbocycles. The molecule has 1 amide bonds. The van der Waals surface area contributed by atoms with E-state index in [0.717, 1.165) is 12.8 Å². The van der Waals surface area contributed by atoms with Gasteiger partial charge in [0.2, 0.25) is 0 Å². The molecule has 4 nitrogen and oxygen atoms in total. The number of rotatable bonds is 4. The molecular weight excluding hydrogens is 230 g/mol. The van der Waals surface area contributed by atoms with Gasteiger partial charge in [-0.2, -0.15) is 0 Å². The first kappa shape index (κ1) is 12.9. The van der Waals surface area contributed by atoms with Gasteiger partial charge in [0.05, 0.1) is 12.6 Å². The van der Waals surface area contributed by atoms with Crippen LogP contribution < -0.4 is 4.74 Å². The summed E-state index contributed by atoms with van der Waals surface area (Å²) in [6.45, 7) is 2.50. The van der Waals surface area contributed by atoms with Crippen LogP contribution >= 0.6 is 0 Å². The smallest absolute Gasteiger partial charge is 0.263 e. The highest BCUT2D eigenvalue weighted by atomic mass is 16.5. The molecule has 0 spiro atoms. The van der Waals surface area contributed by atoms with Gasteiger partial charge in [-0.25, -0.2) is 0 Å². The fraction of sp³-hybridized carbons (Fsp3) is 0.500. The second-order valence-corrected chi connectivity index (χ2v) is 4.58. The van der Waals surface area contributed by atoms with E-state index < -0.39 is 6.10 Å². The normalized spacial score (nSPS) is 20.8. The number of carbonyl (C=O) groups excluding carboxylic acids is 1. The maximum Gasteiger partial charge on any atom is 0.263 e. The Bertz CT molecular complexity index is 393. The Morgan fingerprint density at radius 1 is 1.50 bits per heavy atom. The third-order valence-corrected chi connectivity index (χ3v) is 3.27. The quantitative estimate of drug-likeness (QED) is 0.878. The lowest BCUT2D eigenvalue weighted by atomic mass is 10.2. The zero-order chi connectivity index (χ0) is 13.0. The molecule has 2 rings (SSSR count). The summed E-state index contributed by atoms with van der Waals surface area (Å²) in [6, 6.07) is 9.27. The number of carbonyl (C=O) groups is 1. The Morgan fingerprint density at radius 3 is 2.89 bits per heavy atom. The van der Waals surface area contributed by atoms with E-state index >= 15 is 0 Å². The molecule has 0 aliphatic carbocycles. The Hall–Kier alpha value is -1.55. The van der Waals surface area contributed by atoms with E-state index in [1.54, 1.807) is 11.8 Å². The van der Waals surface area contributed by atoms with E-state index in [1.807, 2.05) is 30.3 Å². The molecule has 2 unspecified atom stereocenters. The molecular formula is C14H19NO3. The summed E-state index contributed by atoms with van der Waals surface area (Å²) in [6.07, 6.45) is 1.31. The van der Waals surface area contributed by atoms with E-state index in [-0.39, 0.29) is 18.6 Å². The van der Waals surface area contributed by atoms with Crippen LogP contribution in [0.5, 0.6) is 5.75 Å². The molecule has 4 heteroatoms. The standard InChI is InChI=1S/C14H19NO3/c1-11(18-13-7-3-2-4-8-13)14(17)15-9-5-6-12(15)10-16/h2-4,7-8,11-12,16H,5-6,9-10H2,1H3. The molecule has 1 heterocycles. The fourth-order valence-corrected chi connectivity index (χ4v) is 2.30. The third kappa shape index (κ3) is 2.82. The first-order valence-electron chi connectivity index (χ1n) is 6.35. The van der Waals surface area contributed by atoms with Crippen LogP contribution in [0.25, 0.3) is 0 Å². The Kier molecular flexibility index (Phi) is 4.20. The van der Waals surface area contributed by atoms with Crippen molar-refractivity contribution in [3.05, 3.63) is 30.3 Å². The van der Waals surface area contributed by atoms with Gasteiger partial charge < -0.3 is 14.7 Å². The molecule has 0 aromatic heterocycles. The third-order valence-electron chi connectivity index (χ3n) is 3.27. The van der Waals surface area contributed by atoms with Crippen LogP contribution in [0.2, 0.25) is 0 Å². The first-order valence-corrected chi connectivity index (χ1v) is 6.35. The van der Waals surface area contributed by atoms with Gasteiger partial charge >= 0.3 is 0 Å². The lowest BCUT2D eigenvalue weighted by molar-refractivity contribution is -0.139. The lowest BCUT2D eigenvalue weighted by Gasteiger charge is -2.26. The van der Waals surface area contributed by atoms with Crippen molar-refractivity contribution >= 4 is 5.91 Å². The number of benzene rings is 1. The largest absolute Gasteiger partial charge is 0.481 e. The number of likely N-dealkylation sites (tertiary alicyclic amines) is 1. The average Bonchev–Trinajstić information content (AvgIpc) is 2.87. The van der Waals surface area contributed by atoms with E-state index in [1.165, 1.54) is 0 Å². The van der Waals surface area contributed by atoms with Crippen LogP contribution in [0, 0.1) is 0 Å². The van der Waals surface area contributed by atoms with Crippen molar-refractivity contribution in [2.45, 2.75) is 31.9 Å². The van der Waals surface area contributed by atoms with E-state index in [0.29, 0.717) is 12.3 Å². The maximum atomic E-state index is 12.2. The van der Waals surface area contributed by atoms with Crippen LogP contribution in [0.4, 0.5) is 0 Å². The van der Waals surface area contributed by atoms with Crippen LogP contribution in [-0.2, 0) is 4.79 Å². The molecule has 1 saturated heterocycles. The number of hydrogen-bond donors (Lipinski definition) is 1. The van der Waals surface area contributed by atoms with Crippen LogP contribution in [0.1, 0.15) is 19.8 Å². The van der Waals surface area contributed by atoms with Gasteiger partial charge in [-0.05, 0) is 31.9 Å². The number of para-hydroxylation sites is 1. The number of aliphatic hydroxyl groups excluding tert-OH is 1. The van der Waals surface area contributed by atoms with Gasteiger partial charge in [-0.3, -0.25) is 4.79 Å². The van der Waals surface area contributed by atoms with E-state index in [4.69, 9.17) is 4.74 Å². The summed E-state index contributed by atoms with van der Waals surface area (Å²) in [5.74, 6) is 0.647. The van der Waals surface area contributed by atoms with Crippen molar-refractivity contribution in [2.24, 2.45) is 0 Å². The molecule has 1 aromatic rings. The molecule has 18 heavy (non-hydrogen) atoms. The van der Waals surface area contributed by atoms with Crippen LogP contribution in [0.3, 0.4) is 0 Å². The van der Waals surface area contributed by atoms with Crippen LogP contribution in [0.15, 0.2) is 30.3 Å². The second kappa shape index (κ2) is 5.87. The maximum absolute atomic E-state index is 12.2. The van der Waals surface area contributed by atoms with E-state index in [2.05, 4.69) is 0 Å². The van der Waals surface area contributed by atoms with Gasteiger partial charge in [-0.15, -0.1) is 0 Å². The van der Waals surface area contributed by atoms with Gasteiger partial charge in [-0.1, -0.05) is 18.2 Å². The van der Waals surface area contributed by atoms with Crippen molar-refractivity contribution in [3.8, 4) is 5.75 Å². The summed E-state index contributed by atoms with van der Waals surface area (Å²) in [5.41, 5.74) is 0. The molecule has 1 fully saturated rings. The minimum absolute atomic E-state index is 0.0315. The zero-order valence-electron chi connectivity index (χ0n) is 10.6. The van der Waals surface area contributed by atoms with Gasteiger partial charge in [0.25, 0.3) is 5.91 Å². The van der Waals surface area contributed by atoms with Gasteiger partial charge in [0.15, 0.2) is 6.10 Å². The highest BCUT2D eigenvalue weighted by Gasteiger charge is 2.31. The molecule has 98 valence electrons. The minimum atomic E-state index is -0.514. The summed E-state index contributed by atoms with van der Waals surface area (Å²) >= 11 is 0. The molecule has 2 atom stereocenters. The number of ether oxygens (including phenoxy) is 1. The number of hydrogen-bond acceptors (Lipinski definition) is 3. The van der Waals surface area contributed by atoms with Crippen molar-refractivity contribution in [1.29, 1.82) is 0 Å². The predicted molar refractivity (Wildman–Crippen MR) is 68.4 cm³/mol. The van der Waals surface area contributed by atoms with Crippen molar-refractivity contribution in [3.63, 3.8) is 0 Å². The number of amides is 1. The molecule has 1 aliphatic heterocycles. The number of nitrogens with zero attached hydrogens (tertiary/aromatic N) is 1. The molecule has 1 aromatic carbocycles. The lowest BCUT2D eigenvalue weighted by Crippen LogP contribution is -2.44. The topological polar surface area (TPSA) is 49.8 Å². The molecule has 0 radical (unpaired) electrons. The average molecular weight is 249 g/mol. The molecule has 0 bridgehead atoms. The highest BCUT2D eigenvalue weighted by molar-refractivity contribution is 5.81. The monoisotopic (exact) mass is 249 g/mol. The first-order chi connectivity index (χ1) is 8.72. The predicted octanol–water partition coefficient (Wildman–Crippen LogP) is 1.44. The summed E-state index contributed by atoms with van der Waals surface area (Å²) in [7, 11) is 0. The summed E-state index contributed by atoms with van der Waals surface area (Å²) < 4.78 is 5.61. The summed E-state index contributed by atoms with van der Waals surface area (Å²) in [4.78, 5) is 13.9. The van der Waals surface area contributed by atoms with Crippen molar-refractivity contribution in [1.82, 2.24) is 4.90 Å². The summed E-state index contributed by atoms with van der Waals surface area (Å²) in [5, 5.41) is 9.22. The van der Waals surface area contributed by atoms with Crippen molar-refractivity contribution < 1.29 is 14.6 Å². The minimum Gasteiger partial charge on any atom is -0.481 e. The highest BCUT2D eigenvalue weighted by Crippen LogP contribution is 2.19. The van der Waals surface area contributed by atoms with Crippen LogP contribution in [-0.4, -0.2) is 41.2 Å². The fourth-order valence-electron chi connectivity index (χ4n) is 2.30. The van der Waals surface area contributed by atoms with E-state index in [9.17, 15) is 9.90 Å². The van der Waals surface area contributed by atoms with Gasteiger partial charge in [0.1, 0.15) is 5.75 Å². The Balaban J connectivity index is 1.96. The SMILES string of the molecule is CC(Oc1ccccc1)C(=O)N1CCCC1CO. The Morgan fingerprint density at radius 2 is 2.22 bits per heavy atom. The van der Waals surface area contributed by atoms with Crippen molar-refractivity contribution in [2.75, 3.05) is 13.2 Å². The number of aliphatic hydroxyl groups is 1.